The second-order valence-electron chi connectivity index (χ2n) is 6.99. The minimum atomic E-state index is -1.18. The number of halogens is 1. The fourth-order valence-electron chi connectivity index (χ4n) is 3.85. The molecule has 0 bridgehead atoms. The summed E-state index contributed by atoms with van der Waals surface area (Å²) in [5, 5.41) is 2.93. The highest BCUT2D eigenvalue weighted by Gasteiger charge is 2.81. The molecule has 0 radical (unpaired) electrons. The predicted molar refractivity (Wildman–Crippen MR) is 89.8 cm³/mol. The molecule has 0 aromatic heterocycles. The summed E-state index contributed by atoms with van der Waals surface area (Å²) >= 11 is 6.10. The van der Waals surface area contributed by atoms with Crippen molar-refractivity contribution in [1.82, 2.24) is 4.90 Å². The van der Waals surface area contributed by atoms with Crippen molar-refractivity contribution in [2.24, 2.45) is 11.3 Å². The molecule has 0 saturated heterocycles. The number of carbonyl (C=O) groups excluding carboxylic acids is 3. The van der Waals surface area contributed by atoms with Gasteiger partial charge in [-0.25, -0.2) is 4.79 Å². The van der Waals surface area contributed by atoms with Crippen LogP contribution >= 0.6 is 11.6 Å². The molecule has 2 unspecified atom stereocenters. The van der Waals surface area contributed by atoms with Crippen molar-refractivity contribution in [3.63, 3.8) is 0 Å². The summed E-state index contributed by atoms with van der Waals surface area (Å²) in [5.74, 6) is -1.01. The molecule has 2 aliphatic rings. The van der Waals surface area contributed by atoms with Crippen LogP contribution in [0.25, 0.3) is 0 Å². The van der Waals surface area contributed by atoms with Crippen molar-refractivity contribution in [3.8, 4) is 0 Å². The van der Waals surface area contributed by atoms with E-state index < -0.39 is 23.0 Å². The van der Waals surface area contributed by atoms with Gasteiger partial charge in [-0.3, -0.25) is 9.59 Å². The van der Waals surface area contributed by atoms with Gasteiger partial charge in [0.25, 0.3) is 0 Å². The number of benzene rings is 1. The molecule has 128 valence electrons. The molecule has 2 atom stereocenters. The van der Waals surface area contributed by atoms with E-state index >= 15 is 0 Å². The van der Waals surface area contributed by atoms with E-state index in [1.807, 2.05) is 13.8 Å². The van der Waals surface area contributed by atoms with E-state index in [0.717, 1.165) is 0 Å². The van der Waals surface area contributed by atoms with E-state index in [4.69, 9.17) is 16.3 Å². The van der Waals surface area contributed by atoms with Crippen LogP contribution in [-0.4, -0.2) is 49.3 Å². The number of Topliss-reactive ketones (excluding diaryl/α,β-unsaturated/α-hetero) is 2. The Morgan fingerprint density at radius 1 is 1.29 bits per heavy atom. The first-order chi connectivity index (χ1) is 11.1. The van der Waals surface area contributed by atoms with Crippen LogP contribution in [-0.2, 0) is 4.74 Å². The van der Waals surface area contributed by atoms with Gasteiger partial charge in [0.15, 0.2) is 11.6 Å². The number of hydrogen-bond donors (Lipinski definition) is 1. The molecule has 24 heavy (non-hydrogen) atoms. The number of hydrogen-bond acceptors (Lipinski definition) is 4. The van der Waals surface area contributed by atoms with E-state index in [2.05, 4.69) is 5.32 Å². The summed E-state index contributed by atoms with van der Waals surface area (Å²) in [6.07, 6.45) is 0. The molecule has 3 rings (SSSR count). The van der Waals surface area contributed by atoms with Gasteiger partial charge in [-0.2, -0.15) is 0 Å². The molecule has 0 spiro atoms. The van der Waals surface area contributed by atoms with E-state index in [-0.39, 0.29) is 33.4 Å². The molecular weight excluding hydrogens is 332 g/mol. The van der Waals surface area contributed by atoms with Crippen molar-refractivity contribution < 1.29 is 19.1 Å². The Bertz CT molecular complexity index is 787. The maximum absolute atomic E-state index is 13.2. The van der Waals surface area contributed by atoms with Gasteiger partial charge in [-0.1, -0.05) is 25.4 Å². The van der Waals surface area contributed by atoms with Crippen LogP contribution < -0.4 is 5.32 Å². The lowest BCUT2D eigenvalue weighted by Crippen LogP contribution is -2.38. The number of rotatable bonds is 2. The maximum Gasteiger partial charge on any atom is 0.321 e. The first-order valence-corrected chi connectivity index (χ1v) is 7.93. The van der Waals surface area contributed by atoms with Crippen molar-refractivity contribution in [1.29, 1.82) is 0 Å². The van der Waals surface area contributed by atoms with Crippen LogP contribution in [0.5, 0.6) is 0 Å². The summed E-state index contributed by atoms with van der Waals surface area (Å²) in [7, 11) is 4.60. The number of amides is 2. The number of methoxy groups -OCH3 is 1. The van der Waals surface area contributed by atoms with E-state index in [1.54, 1.807) is 14.1 Å². The van der Waals surface area contributed by atoms with Crippen molar-refractivity contribution >= 4 is 34.9 Å². The van der Waals surface area contributed by atoms with Crippen LogP contribution in [0, 0.1) is 11.3 Å². The van der Waals surface area contributed by atoms with Gasteiger partial charge in [0, 0.05) is 37.2 Å². The quantitative estimate of drug-likeness (QED) is 0.889. The number of ether oxygens (including phenoxy) is 1. The lowest BCUT2D eigenvalue weighted by Gasteiger charge is -2.25. The van der Waals surface area contributed by atoms with Gasteiger partial charge in [-0.05, 0) is 12.1 Å². The molecule has 1 aromatic rings. The number of fused-ring (bicyclic) bond motifs is 2. The van der Waals surface area contributed by atoms with E-state index in [1.165, 1.54) is 24.1 Å². The number of urea groups is 1. The number of carbonyl (C=O) groups is 3. The number of nitrogens with zero attached hydrogens (tertiary/aromatic N) is 1. The number of nitrogens with one attached hydrogen (secondary N) is 1. The Labute approximate surface area is 145 Å². The fourth-order valence-corrected chi connectivity index (χ4v) is 4.06. The van der Waals surface area contributed by atoms with Crippen molar-refractivity contribution in [2.75, 3.05) is 26.5 Å². The smallest absolute Gasteiger partial charge is 0.321 e. The van der Waals surface area contributed by atoms with Crippen molar-refractivity contribution in [3.05, 3.63) is 28.3 Å². The molecule has 1 N–H and O–H groups in total. The third-order valence-corrected chi connectivity index (χ3v) is 5.39. The topological polar surface area (TPSA) is 75.7 Å². The minimum absolute atomic E-state index is 0.170. The Hall–Kier alpha value is -1.92. The lowest BCUT2D eigenvalue weighted by atomic mass is 9.86. The maximum atomic E-state index is 13.2. The molecular formula is C17H19ClN2O4. The van der Waals surface area contributed by atoms with Crippen LogP contribution in [0.4, 0.5) is 10.5 Å². The van der Waals surface area contributed by atoms with Crippen LogP contribution in [0.15, 0.2) is 12.1 Å². The van der Waals surface area contributed by atoms with E-state index in [9.17, 15) is 14.4 Å². The van der Waals surface area contributed by atoms with Crippen LogP contribution in [0.1, 0.15) is 34.6 Å². The molecule has 1 saturated carbocycles. The Kier molecular flexibility index (Phi) is 3.55. The van der Waals surface area contributed by atoms with Gasteiger partial charge < -0.3 is 15.0 Å². The molecule has 6 nitrogen and oxygen atoms in total. The average molecular weight is 351 g/mol. The van der Waals surface area contributed by atoms with E-state index in [0.29, 0.717) is 0 Å². The summed E-state index contributed by atoms with van der Waals surface area (Å²) in [6.45, 7) is 3.67. The molecule has 1 fully saturated rings. The predicted octanol–water partition coefficient (Wildman–Crippen LogP) is 2.85. The average Bonchev–Trinajstić information content (AvgIpc) is 3.01. The monoisotopic (exact) mass is 350 g/mol. The molecule has 7 heteroatoms. The lowest BCUT2D eigenvalue weighted by molar-refractivity contribution is 0.0314. The molecule has 1 aromatic carbocycles. The zero-order chi connectivity index (χ0) is 18.0. The summed E-state index contributed by atoms with van der Waals surface area (Å²) in [5.41, 5.74) is -1.15. The van der Waals surface area contributed by atoms with Crippen LogP contribution in [0.2, 0.25) is 5.02 Å². The Morgan fingerprint density at radius 2 is 1.92 bits per heavy atom. The standard InChI is InChI=1S/C17H19ClN2O4/c1-16(2)13-12(21)9-6-8(18)7-10(19-15(23)20(3)4)11(9)14(22)17(13,16)24-5/h6-7,13H,1-5H3,(H,19,23). The number of ketones is 2. The first kappa shape index (κ1) is 16.9. The second-order valence-corrected chi connectivity index (χ2v) is 7.42. The highest BCUT2D eigenvalue weighted by Crippen LogP contribution is 2.68. The first-order valence-electron chi connectivity index (χ1n) is 7.55. The molecule has 0 heterocycles. The minimum Gasteiger partial charge on any atom is -0.369 e. The van der Waals surface area contributed by atoms with Gasteiger partial charge in [0.05, 0.1) is 17.2 Å². The highest BCUT2D eigenvalue weighted by atomic mass is 35.5. The molecule has 2 amide bonds. The summed E-state index contributed by atoms with van der Waals surface area (Å²) in [4.78, 5) is 39.4. The number of anilines is 1. The van der Waals surface area contributed by atoms with Crippen LogP contribution in [0.3, 0.4) is 0 Å². The molecule has 2 aliphatic carbocycles. The second kappa shape index (κ2) is 5.04. The van der Waals surface area contributed by atoms with Crippen molar-refractivity contribution in [2.45, 2.75) is 19.4 Å². The summed E-state index contributed by atoms with van der Waals surface area (Å²) in [6, 6.07) is 2.55. The third kappa shape index (κ3) is 1.90. The zero-order valence-electron chi connectivity index (χ0n) is 14.2. The van der Waals surface area contributed by atoms with Gasteiger partial charge in [0.1, 0.15) is 5.60 Å². The normalized spacial score (nSPS) is 26.5. The van der Waals surface area contributed by atoms with Gasteiger partial charge in [-0.15, -0.1) is 0 Å². The largest absolute Gasteiger partial charge is 0.369 e. The third-order valence-electron chi connectivity index (χ3n) is 5.17. The van der Waals surface area contributed by atoms with Gasteiger partial charge >= 0.3 is 6.03 Å². The summed E-state index contributed by atoms with van der Waals surface area (Å²) < 4.78 is 5.52. The SMILES string of the molecule is COC12C(=O)c3c(NC(=O)N(C)C)cc(Cl)cc3C(=O)C1C2(C)C. The molecule has 0 aliphatic heterocycles. The zero-order valence-corrected chi connectivity index (χ0v) is 14.9. The Balaban J connectivity index is 2.19. The Morgan fingerprint density at radius 3 is 2.46 bits per heavy atom. The van der Waals surface area contributed by atoms with Gasteiger partial charge in [0.2, 0.25) is 0 Å². The fraction of sp³-hybridized carbons (Fsp3) is 0.471. The highest BCUT2D eigenvalue weighted by molar-refractivity contribution is 6.33.